The third-order valence-electron chi connectivity index (χ3n) is 4.36. The summed E-state index contributed by atoms with van der Waals surface area (Å²) >= 11 is 2.67. The second kappa shape index (κ2) is 12.0. The van der Waals surface area contributed by atoms with Crippen LogP contribution in [-0.2, 0) is 14.4 Å². The van der Waals surface area contributed by atoms with Crippen LogP contribution in [0.25, 0.3) is 11.3 Å². The van der Waals surface area contributed by atoms with Gasteiger partial charge in [-0.25, -0.2) is 9.78 Å². The number of thioether (sulfide) groups is 1. The predicted octanol–water partition coefficient (Wildman–Crippen LogP) is 4.91. The summed E-state index contributed by atoms with van der Waals surface area (Å²) in [4.78, 5) is 40.2. The summed E-state index contributed by atoms with van der Waals surface area (Å²) < 4.78 is 5.45. The minimum Gasteiger partial charge on any atom is -0.494 e. The molecule has 1 atom stereocenters. The number of nitrogens with one attached hydrogen (secondary N) is 2. The Morgan fingerprint density at radius 3 is 2.62 bits per heavy atom. The molecule has 0 saturated carbocycles. The maximum Gasteiger partial charge on any atom is 0.328 e. The molecule has 1 heterocycles. The molecule has 0 radical (unpaired) electrons. The van der Waals surface area contributed by atoms with Crippen LogP contribution in [0, 0.1) is 0 Å². The van der Waals surface area contributed by atoms with Crippen LogP contribution in [0.2, 0.25) is 0 Å². The van der Waals surface area contributed by atoms with Gasteiger partial charge in [-0.15, -0.1) is 23.1 Å². The summed E-state index contributed by atoms with van der Waals surface area (Å²) in [5, 5.41) is 16.0. The molecule has 3 N–H and O–H groups in total. The van der Waals surface area contributed by atoms with Gasteiger partial charge in [-0.2, -0.15) is 0 Å². The van der Waals surface area contributed by atoms with Crippen LogP contribution >= 0.6 is 23.1 Å². The number of benzene rings is 2. The number of thiazole rings is 1. The Labute approximate surface area is 205 Å². The lowest BCUT2D eigenvalue weighted by Crippen LogP contribution is -2.22. The summed E-state index contributed by atoms with van der Waals surface area (Å²) in [6.45, 7) is 4.31. The molecule has 3 aromatic rings. The van der Waals surface area contributed by atoms with Gasteiger partial charge in [0.15, 0.2) is 5.13 Å². The van der Waals surface area contributed by atoms with Crippen molar-refractivity contribution in [3.05, 3.63) is 66.1 Å². The minimum absolute atomic E-state index is 0.198. The van der Waals surface area contributed by atoms with Gasteiger partial charge in [0.1, 0.15) is 5.75 Å². The fourth-order valence-corrected chi connectivity index (χ4v) is 4.44. The van der Waals surface area contributed by atoms with Gasteiger partial charge in [-0.05, 0) is 56.3 Å². The number of nitrogens with zero attached hydrogens (tertiary/aromatic N) is 1. The number of rotatable bonds is 10. The number of carboxylic acids is 1. The fourth-order valence-electron chi connectivity index (χ4n) is 2.80. The zero-order valence-corrected chi connectivity index (χ0v) is 20.1. The lowest BCUT2D eigenvalue weighted by Gasteiger charge is -2.11. The van der Waals surface area contributed by atoms with Crippen LogP contribution in [0.4, 0.5) is 10.8 Å². The third kappa shape index (κ3) is 7.46. The van der Waals surface area contributed by atoms with Crippen molar-refractivity contribution in [3.63, 3.8) is 0 Å². The number of hydrogen-bond donors (Lipinski definition) is 3. The average molecular weight is 498 g/mol. The number of carbonyl (C=O) groups is 3. The van der Waals surface area contributed by atoms with E-state index in [1.54, 1.807) is 25.1 Å². The Morgan fingerprint density at radius 2 is 1.91 bits per heavy atom. The van der Waals surface area contributed by atoms with Crippen LogP contribution in [0.3, 0.4) is 0 Å². The van der Waals surface area contributed by atoms with E-state index in [4.69, 9.17) is 9.84 Å². The monoisotopic (exact) mass is 497 g/mol. The molecule has 8 nitrogen and oxygen atoms in total. The normalized spacial score (nSPS) is 11.7. The van der Waals surface area contributed by atoms with E-state index in [1.807, 2.05) is 42.6 Å². The highest BCUT2D eigenvalue weighted by atomic mass is 32.2. The number of carbonyl (C=O) groups excluding carboxylic acids is 2. The summed E-state index contributed by atoms with van der Waals surface area (Å²) in [5.74, 6) is -1.16. The molecule has 1 unspecified atom stereocenters. The van der Waals surface area contributed by atoms with Crippen molar-refractivity contribution in [1.82, 2.24) is 4.98 Å². The van der Waals surface area contributed by atoms with Gasteiger partial charge in [0.05, 0.1) is 17.6 Å². The van der Waals surface area contributed by atoms with Crippen LogP contribution in [0.15, 0.2) is 71.0 Å². The number of hydrogen-bond acceptors (Lipinski definition) is 7. The van der Waals surface area contributed by atoms with Crippen LogP contribution < -0.4 is 15.4 Å². The number of aromatic nitrogens is 1. The van der Waals surface area contributed by atoms with Gasteiger partial charge in [-0.3, -0.25) is 9.59 Å². The second-order valence-electron chi connectivity index (χ2n) is 6.93. The highest BCUT2D eigenvalue weighted by molar-refractivity contribution is 8.00. The van der Waals surface area contributed by atoms with Crippen molar-refractivity contribution >= 4 is 51.7 Å². The first-order valence-corrected chi connectivity index (χ1v) is 12.1. The maximum atomic E-state index is 12.7. The Bertz CT molecular complexity index is 1190. The summed E-state index contributed by atoms with van der Waals surface area (Å²) in [5.41, 5.74) is 2.20. The van der Waals surface area contributed by atoms with Gasteiger partial charge in [0, 0.05) is 33.7 Å². The molecule has 0 spiro atoms. The van der Waals surface area contributed by atoms with Crippen molar-refractivity contribution in [1.29, 1.82) is 0 Å². The Balaban J connectivity index is 1.57. The lowest BCUT2D eigenvalue weighted by atomic mass is 10.2. The van der Waals surface area contributed by atoms with E-state index < -0.39 is 17.1 Å². The standard InChI is InChI=1S/C24H23N3O5S2/c1-3-32-18-9-7-16(8-10-18)20-14-33-24(26-20)27-23(31)15(2)34-19-6-4-5-17(13-19)25-21(28)11-12-22(29)30/h4-15H,3H2,1-2H3,(H,25,28)(H,29,30)(H,26,27,31)/b12-11+. The first-order valence-electron chi connectivity index (χ1n) is 10.3. The highest BCUT2D eigenvalue weighted by Crippen LogP contribution is 2.29. The van der Waals surface area contributed by atoms with E-state index in [0.717, 1.165) is 34.1 Å². The number of amides is 2. The molecular weight excluding hydrogens is 474 g/mol. The molecule has 0 bridgehead atoms. The zero-order chi connectivity index (χ0) is 24.5. The molecule has 176 valence electrons. The molecule has 0 aliphatic rings. The van der Waals surface area contributed by atoms with Gasteiger partial charge >= 0.3 is 5.97 Å². The van der Waals surface area contributed by atoms with E-state index in [0.29, 0.717) is 17.4 Å². The predicted molar refractivity (Wildman–Crippen MR) is 135 cm³/mol. The summed E-state index contributed by atoms with van der Waals surface area (Å²) in [6, 6.07) is 14.6. The number of anilines is 2. The molecule has 34 heavy (non-hydrogen) atoms. The van der Waals surface area contributed by atoms with Gasteiger partial charge < -0.3 is 20.5 Å². The third-order valence-corrected chi connectivity index (χ3v) is 6.21. The molecule has 0 aliphatic heterocycles. The van der Waals surface area contributed by atoms with Crippen LogP contribution in [0.1, 0.15) is 13.8 Å². The molecule has 2 amide bonds. The average Bonchev–Trinajstić information content (AvgIpc) is 3.27. The molecule has 3 rings (SSSR count). The topological polar surface area (TPSA) is 118 Å². The number of ether oxygens (including phenoxy) is 1. The number of aliphatic carboxylic acids is 1. The summed E-state index contributed by atoms with van der Waals surface area (Å²) in [6.07, 6.45) is 1.70. The van der Waals surface area contributed by atoms with E-state index in [2.05, 4.69) is 15.6 Å². The van der Waals surface area contributed by atoms with Crippen molar-refractivity contribution in [2.45, 2.75) is 24.0 Å². The Morgan fingerprint density at radius 1 is 1.15 bits per heavy atom. The van der Waals surface area contributed by atoms with Crippen LogP contribution in [-0.4, -0.2) is 39.7 Å². The maximum absolute atomic E-state index is 12.7. The van der Waals surface area contributed by atoms with E-state index in [1.165, 1.54) is 23.1 Å². The minimum atomic E-state index is -1.20. The largest absolute Gasteiger partial charge is 0.494 e. The summed E-state index contributed by atoms with van der Waals surface area (Å²) in [7, 11) is 0. The van der Waals surface area contributed by atoms with E-state index in [-0.39, 0.29) is 5.91 Å². The SMILES string of the molecule is CCOc1ccc(-c2csc(NC(=O)C(C)Sc3cccc(NC(=O)/C=C/C(=O)O)c3)n2)cc1. The van der Waals surface area contributed by atoms with Crippen molar-refractivity contribution in [2.75, 3.05) is 17.2 Å². The fraction of sp³-hybridized carbons (Fsp3) is 0.167. The Kier molecular flexibility index (Phi) is 8.83. The van der Waals surface area contributed by atoms with Crippen molar-refractivity contribution in [2.24, 2.45) is 0 Å². The van der Waals surface area contributed by atoms with Gasteiger partial charge in [0.2, 0.25) is 11.8 Å². The molecule has 10 heteroatoms. The molecule has 0 saturated heterocycles. The lowest BCUT2D eigenvalue weighted by molar-refractivity contribution is -0.131. The molecule has 2 aromatic carbocycles. The van der Waals surface area contributed by atoms with Gasteiger partial charge in [0.25, 0.3) is 0 Å². The second-order valence-corrected chi connectivity index (χ2v) is 9.21. The highest BCUT2D eigenvalue weighted by Gasteiger charge is 2.17. The molecule has 1 aromatic heterocycles. The van der Waals surface area contributed by atoms with E-state index >= 15 is 0 Å². The van der Waals surface area contributed by atoms with Gasteiger partial charge in [-0.1, -0.05) is 6.07 Å². The van der Waals surface area contributed by atoms with Crippen molar-refractivity contribution in [3.8, 4) is 17.0 Å². The Hall–Kier alpha value is -3.63. The quantitative estimate of drug-likeness (QED) is 0.269. The zero-order valence-electron chi connectivity index (χ0n) is 18.5. The number of carboxylic acid groups (broad SMARTS) is 1. The van der Waals surface area contributed by atoms with Crippen LogP contribution in [0.5, 0.6) is 5.75 Å². The van der Waals surface area contributed by atoms with Crippen molar-refractivity contribution < 1.29 is 24.2 Å². The molecular formula is C24H23N3O5S2. The van der Waals surface area contributed by atoms with E-state index in [9.17, 15) is 14.4 Å². The first-order chi connectivity index (χ1) is 16.3. The first kappa shape index (κ1) is 25.0. The molecule has 0 aliphatic carbocycles. The smallest absolute Gasteiger partial charge is 0.328 e. The molecule has 0 fully saturated rings.